The third-order valence-corrected chi connectivity index (χ3v) is 3.18. The molecule has 2 aromatic carbocycles. The Labute approximate surface area is 126 Å². The molecule has 0 bridgehead atoms. The van der Waals surface area contributed by atoms with Gasteiger partial charge in [0, 0.05) is 11.4 Å². The summed E-state index contributed by atoms with van der Waals surface area (Å²) in [7, 11) is 0. The molecule has 0 saturated carbocycles. The fourth-order valence-corrected chi connectivity index (χ4v) is 1.93. The van der Waals surface area contributed by atoms with Crippen molar-refractivity contribution >= 4 is 23.4 Å². The van der Waals surface area contributed by atoms with Gasteiger partial charge in [-0.1, -0.05) is 29.8 Å². The largest absolute Gasteiger partial charge is 0.508 e. The molecular weight excluding hydrogens is 292 g/mol. The maximum Gasteiger partial charge on any atom is 0.338 e. The van der Waals surface area contributed by atoms with E-state index in [4.69, 9.17) is 21.4 Å². The van der Waals surface area contributed by atoms with Gasteiger partial charge in [0.25, 0.3) is 0 Å². The molecule has 0 heterocycles. The third kappa shape index (κ3) is 4.33. The Morgan fingerprint density at radius 2 is 1.71 bits per heavy atom. The molecule has 2 aromatic rings. The first-order valence-corrected chi connectivity index (χ1v) is 6.65. The van der Waals surface area contributed by atoms with Gasteiger partial charge in [-0.25, -0.2) is 4.79 Å². The predicted molar refractivity (Wildman–Crippen MR) is 78.6 cm³/mol. The molecule has 21 heavy (non-hydrogen) atoms. The highest BCUT2D eigenvalue weighted by Gasteiger charge is 2.11. The number of ether oxygens (including phenoxy) is 1. The van der Waals surface area contributed by atoms with Crippen molar-refractivity contribution in [2.24, 2.45) is 0 Å². The number of hydrogen-bond acceptors (Lipinski definition) is 4. The van der Waals surface area contributed by atoms with Crippen LogP contribution in [0.2, 0.25) is 5.02 Å². The molecule has 108 valence electrons. The second-order valence-corrected chi connectivity index (χ2v) is 4.84. The van der Waals surface area contributed by atoms with Crippen molar-refractivity contribution in [3.63, 3.8) is 0 Å². The molecule has 0 spiro atoms. The zero-order valence-corrected chi connectivity index (χ0v) is 11.8. The van der Waals surface area contributed by atoms with Crippen LogP contribution < -0.4 is 0 Å². The maximum absolute atomic E-state index is 11.8. The number of phenolic OH excluding ortho intramolecular Hbond substituents is 1. The standard InChI is InChI=1S/C16H13ClO4/c17-15-4-2-1-3-12(15)9-14(19)10-21-16(20)11-5-7-13(18)8-6-11/h1-8,18H,9-10H2. The van der Waals surface area contributed by atoms with Gasteiger partial charge in [0.15, 0.2) is 12.4 Å². The quantitative estimate of drug-likeness (QED) is 0.862. The number of halogens is 1. The number of ketones is 1. The van der Waals surface area contributed by atoms with Crippen molar-refractivity contribution in [1.29, 1.82) is 0 Å². The van der Waals surface area contributed by atoms with E-state index in [1.165, 1.54) is 24.3 Å². The molecule has 0 saturated heterocycles. The molecule has 0 aromatic heterocycles. The van der Waals surface area contributed by atoms with Crippen LogP contribution in [-0.4, -0.2) is 23.5 Å². The summed E-state index contributed by atoms with van der Waals surface area (Å²) in [6.45, 7) is -0.315. The highest BCUT2D eigenvalue weighted by Crippen LogP contribution is 2.16. The molecule has 0 aliphatic rings. The SMILES string of the molecule is O=C(COC(=O)c1ccc(O)cc1)Cc1ccccc1Cl. The van der Waals surface area contributed by atoms with Crippen LogP contribution in [0, 0.1) is 0 Å². The second kappa shape index (κ2) is 6.90. The summed E-state index contributed by atoms with van der Waals surface area (Å²) < 4.78 is 4.93. The highest BCUT2D eigenvalue weighted by molar-refractivity contribution is 6.31. The van der Waals surface area contributed by atoms with Crippen molar-refractivity contribution in [3.05, 3.63) is 64.7 Å². The fourth-order valence-electron chi connectivity index (χ4n) is 1.73. The van der Waals surface area contributed by atoms with E-state index in [0.717, 1.165) is 0 Å². The number of esters is 1. The maximum atomic E-state index is 11.8. The van der Waals surface area contributed by atoms with E-state index < -0.39 is 5.97 Å². The first-order valence-electron chi connectivity index (χ1n) is 6.27. The van der Waals surface area contributed by atoms with Gasteiger partial charge < -0.3 is 9.84 Å². The Balaban J connectivity index is 1.88. The van der Waals surface area contributed by atoms with E-state index in [2.05, 4.69) is 0 Å². The van der Waals surface area contributed by atoms with Gasteiger partial charge in [-0.05, 0) is 35.9 Å². The topological polar surface area (TPSA) is 63.6 Å². The first kappa shape index (κ1) is 15.1. The Morgan fingerprint density at radius 1 is 1.05 bits per heavy atom. The Bertz CT molecular complexity index is 650. The number of rotatable bonds is 5. The van der Waals surface area contributed by atoms with Crippen LogP contribution in [0.25, 0.3) is 0 Å². The van der Waals surface area contributed by atoms with Gasteiger partial charge in [-0.2, -0.15) is 0 Å². The van der Waals surface area contributed by atoms with Crippen molar-refractivity contribution in [3.8, 4) is 5.75 Å². The van der Waals surface area contributed by atoms with E-state index >= 15 is 0 Å². The molecule has 0 aliphatic carbocycles. The summed E-state index contributed by atoms with van der Waals surface area (Å²) in [5.74, 6) is -0.793. The lowest BCUT2D eigenvalue weighted by molar-refractivity contribution is -0.121. The van der Waals surface area contributed by atoms with Crippen molar-refractivity contribution in [2.45, 2.75) is 6.42 Å². The first-order chi connectivity index (χ1) is 10.1. The molecule has 0 atom stereocenters. The second-order valence-electron chi connectivity index (χ2n) is 4.43. The minimum Gasteiger partial charge on any atom is -0.508 e. The zero-order chi connectivity index (χ0) is 15.2. The summed E-state index contributed by atoms with van der Waals surface area (Å²) in [5, 5.41) is 9.64. The molecule has 1 N–H and O–H groups in total. The number of Topliss-reactive ketones (excluding diaryl/α,β-unsaturated/α-hetero) is 1. The van der Waals surface area contributed by atoms with Crippen LogP contribution in [0.1, 0.15) is 15.9 Å². The summed E-state index contributed by atoms with van der Waals surface area (Å²) >= 11 is 5.96. The minimum atomic E-state index is -0.609. The molecule has 0 aliphatic heterocycles. The number of benzene rings is 2. The van der Waals surface area contributed by atoms with E-state index in [1.54, 1.807) is 24.3 Å². The number of carbonyl (C=O) groups is 2. The van der Waals surface area contributed by atoms with Crippen molar-refractivity contribution < 1.29 is 19.4 Å². The van der Waals surface area contributed by atoms with E-state index in [0.29, 0.717) is 10.6 Å². The minimum absolute atomic E-state index is 0.0568. The Hall–Kier alpha value is -2.33. The monoisotopic (exact) mass is 304 g/mol. The van der Waals surface area contributed by atoms with Crippen molar-refractivity contribution in [2.75, 3.05) is 6.61 Å². The van der Waals surface area contributed by atoms with Crippen LogP contribution in [0.5, 0.6) is 5.75 Å². The average molecular weight is 305 g/mol. The van der Waals surface area contributed by atoms with E-state index in [9.17, 15) is 9.59 Å². The Kier molecular flexibility index (Phi) is 4.95. The molecule has 4 nitrogen and oxygen atoms in total. The van der Waals surface area contributed by atoms with E-state index in [1.807, 2.05) is 0 Å². The lowest BCUT2D eigenvalue weighted by Crippen LogP contribution is -2.16. The van der Waals surface area contributed by atoms with E-state index in [-0.39, 0.29) is 30.1 Å². The molecule has 0 unspecified atom stereocenters. The molecule has 0 amide bonds. The highest BCUT2D eigenvalue weighted by atomic mass is 35.5. The number of aromatic hydroxyl groups is 1. The zero-order valence-electron chi connectivity index (χ0n) is 11.1. The van der Waals surface area contributed by atoms with Gasteiger partial charge in [0.1, 0.15) is 5.75 Å². The van der Waals surface area contributed by atoms with Crippen LogP contribution in [0.4, 0.5) is 0 Å². The number of phenols is 1. The fraction of sp³-hybridized carbons (Fsp3) is 0.125. The van der Waals surface area contributed by atoms with Crippen LogP contribution in [0.15, 0.2) is 48.5 Å². The van der Waals surface area contributed by atoms with Gasteiger partial charge >= 0.3 is 5.97 Å². The smallest absolute Gasteiger partial charge is 0.338 e. The van der Waals surface area contributed by atoms with Gasteiger partial charge in [-0.15, -0.1) is 0 Å². The average Bonchev–Trinajstić information content (AvgIpc) is 2.48. The lowest BCUT2D eigenvalue weighted by atomic mass is 10.1. The summed E-state index contributed by atoms with van der Waals surface area (Å²) in [6, 6.07) is 12.6. The molecular formula is C16H13ClO4. The van der Waals surface area contributed by atoms with Crippen LogP contribution in [0.3, 0.4) is 0 Å². The predicted octanol–water partition coefficient (Wildman–Crippen LogP) is 3.01. The van der Waals surface area contributed by atoms with Crippen LogP contribution >= 0.6 is 11.6 Å². The summed E-state index contributed by atoms with van der Waals surface area (Å²) in [4.78, 5) is 23.5. The van der Waals surface area contributed by atoms with Gasteiger partial charge in [0.2, 0.25) is 0 Å². The molecule has 5 heteroatoms. The van der Waals surface area contributed by atoms with Crippen LogP contribution in [-0.2, 0) is 16.0 Å². The van der Waals surface area contributed by atoms with Crippen molar-refractivity contribution in [1.82, 2.24) is 0 Å². The molecule has 2 rings (SSSR count). The lowest BCUT2D eigenvalue weighted by Gasteiger charge is -2.05. The number of hydrogen-bond donors (Lipinski definition) is 1. The summed E-state index contributed by atoms with van der Waals surface area (Å²) in [5.41, 5.74) is 0.975. The van der Waals surface area contributed by atoms with Gasteiger partial charge in [-0.3, -0.25) is 4.79 Å². The van der Waals surface area contributed by atoms with Gasteiger partial charge in [0.05, 0.1) is 5.56 Å². The molecule has 0 radical (unpaired) electrons. The third-order valence-electron chi connectivity index (χ3n) is 2.81. The normalized spacial score (nSPS) is 10.1. The number of carbonyl (C=O) groups excluding carboxylic acids is 2. The molecule has 0 fully saturated rings. The summed E-state index contributed by atoms with van der Waals surface area (Å²) in [6.07, 6.45) is 0.114. The Morgan fingerprint density at radius 3 is 2.38 bits per heavy atom.